The van der Waals surface area contributed by atoms with Crippen LogP contribution in [0.25, 0.3) is 0 Å². The fraction of sp³-hybridized carbons (Fsp3) is 0.929. The topological polar surface area (TPSA) is 27.7 Å². The molecule has 0 unspecified atom stereocenters. The molecule has 1 rings (SSSR count). The smallest absolute Gasteiger partial charge is 0.168 e. The Kier molecular flexibility index (Phi) is 7.04. The van der Waals surface area contributed by atoms with Gasteiger partial charge < -0.3 is 19.9 Å². The molecule has 0 amide bonds. The second-order valence-electron chi connectivity index (χ2n) is 5.61. The van der Waals surface area contributed by atoms with Crippen molar-refractivity contribution in [3.05, 3.63) is 0 Å². The van der Waals surface area contributed by atoms with Gasteiger partial charge in [0.15, 0.2) is 5.11 Å². The molecule has 0 aliphatic heterocycles. The molecule has 0 aromatic heterocycles. The number of rotatable bonds is 8. The summed E-state index contributed by atoms with van der Waals surface area (Å²) in [6.45, 7) is 5.51. The van der Waals surface area contributed by atoms with Gasteiger partial charge in [0.2, 0.25) is 0 Å². The van der Waals surface area contributed by atoms with Crippen molar-refractivity contribution in [1.29, 1.82) is 0 Å². The van der Waals surface area contributed by atoms with Gasteiger partial charge in [0, 0.05) is 38.9 Å². The Bertz CT molecular complexity index is 280. The predicted octanol–water partition coefficient (Wildman–Crippen LogP) is 1.70. The Morgan fingerprint density at radius 1 is 1.32 bits per heavy atom. The van der Waals surface area contributed by atoms with E-state index in [9.17, 15) is 0 Å². The Morgan fingerprint density at radius 2 is 2.00 bits per heavy atom. The molecule has 112 valence electrons. The van der Waals surface area contributed by atoms with Crippen LogP contribution in [0.5, 0.6) is 0 Å². The van der Waals surface area contributed by atoms with Crippen LogP contribution in [0, 0.1) is 0 Å². The molecule has 0 radical (unpaired) electrons. The van der Waals surface area contributed by atoms with Gasteiger partial charge in [-0.1, -0.05) is 0 Å². The average molecular weight is 287 g/mol. The number of hydrogen-bond donors (Lipinski definition) is 1. The van der Waals surface area contributed by atoms with Crippen molar-refractivity contribution in [1.82, 2.24) is 15.1 Å². The maximum atomic E-state index is 5.44. The highest BCUT2D eigenvalue weighted by Crippen LogP contribution is 2.36. The maximum Gasteiger partial charge on any atom is 0.168 e. The SMILES string of the molecule is CCOCCCNC(=S)N(C)CC1(N(C)C)CCC1. The molecule has 19 heavy (non-hydrogen) atoms. The molecule has 1 fully saturated rings. The van der Waals surface area contributed by atoms with E-state index in [1.165, 1.54) is 19.3 Å². The molecule has 1 saturated carbocycles. The van der Waals surface area contributed by atoms with Gasteiger partial charge in [-0.15, -0.1) is 0 Å². The normalized spacial score (nSPS) is 17.1. The zero-order valence-corrected chi connectivity index (χ0v) is 13.7. The maximum absolute atomic E-state index is 5.44. The van der Waals surface area contributed by atoms with E-state index in [0.717, 1.165) is 37.8 Å². The molecule has 1 aliphatic rings. The van der Waals surface area contributed by atoms with Crippen LogP contribution in [0.1, 0.15) is 32.6 Å². The Labute approximate surface area is 123 Å². The summed E-state index contributed by atoms with van der Waals surface area (Å²) in [5.41, 5.74) is 0.325. The van der Waals surface area contributed by atoms with E-state index >= 15 is 0 Å². The number of nitrogens with one attached hydrogen (secondary N) is 1. The van der Waals surface area contributed by atoms with E-state index < -0.39 is 0 Å². The summed E-state index contributed by atoms with van der Waals surface area (Å²) in [6, 6.07) is 0. The molecule has 0 bridgehead atoms. The summed E-state index contributed by atoms with van der Waals surface area (Å²) in [6.07, 6.45) is 4.88. The van der Waals surface area contributed by atoms with Gasteiger partial charge in [-0.3, -0.25) is 0 Å². The molecule has 0 saturated heterocycles. The zero-order chi connectivity index (χ0) is 14.3. The van der Waals surface area contributed by atoms with E-state index in [0.29, 0.717) is 5.54 Å². The van der Waals surface area contributed by atoms with E-state index in [4.69, 9.17) is 17.0 Å². The van der Waals surface area contributed by atoms with Crippen LogP contribution < -0.4 is 5.32 Å². The quantitative estimate of drug-likeness (QED) is 0.542. The van der Waals surface area contributed by atoms with Gasteiger partial charge in [0.1, 0.15) is 0 Å². The van der Waals surface area contributed by atoms with Crippen molar-refractivity contribution >= 4 is 17.3 Å². The van der Waals surface area contributed by atoms with E-state index in [1.807, 2.05) is 6.92 Å². The van der Waals surface area contributed by atoms with Gasteiger partial charge in [-0.25, -0.2) is 0 Å². The fourth-order valence-corrected chi connectivity index (χ4v) is 2.66. The first-order chi connectivity index (χ1) is 9.02. The molecule has 0 aromatic carbocycles. The molecule has 0 spiro atoms. The molecule has 1 N–H and O–H groups in total. The Hall–Kier alpha value is -0.390. The summed E-state index contributed by atoms with van der Waals surface area (Å²) in [4.78, 5) is 4.53. The summed E-state index contributed by atoms with van der Waals surface area (Å²) >= 11 is 5.44. The number of likely N-dealkylation sites (N-methyl/N-ethyl adjacent to an activating group) is 2. The lowest BCUT2D eigenvalue weighted by atomic mass is 9.75. The fourth-order valence-electron chi connectivity index (χ4n) is 2.49. The van der Waals surface area contributed by atoms with Crippen LogP contribution in [-0.4, -0.2) is 67.9 Å². The van der Waals surface area contributed by atoms with Crippen molar-refractivity contribution in [2.45, 2.75) is 38.1 Å². The second-order valence-corrected chi connectivity index (χ2v) is 6.00. The third-order valence-corrected chi connectivity index (χ3v) is 4.51. The van der Waals surface area contributed by atoms with Crippen molar-refractivity contribution in [3.8, 4) is 0 Å². The monoisotopic (exact) mass is 287 g/mol. The van der Waals surface area contributed by atoms with Crippen LogP contribution in [-0.2, 0) is 4.74 Å². The molecule has 0 atom stereocenters. The van der Waals surface area contributed by atoms with Crippen LogP contribution in [0.4, 0.5) is 0 Å². The molecular weight excluding hydrogens is 258 g/mol. The third-order valence-electron chi connectivity index (χ3n) is 4.06. The van der Waals surface area contributed by atoms with Crippen molar-refractivity contribution in [3.63, 3.8) is 0 Å². The van der Waals surface area contributed by atoms with E-state index in [2.05, 4.69) is 36.3 Å². The van der Waals surface area contributed by atoms with Crippen LogP contribution in [0.3, 0.4) is 0 Å². The largest absolute Gasteiger partial charge is 0.382 e. The van der Waals surface area contributed by atoms with Crippen molar-refractivity contribution in [2.24, 2.45) is 0 Å². The first-order valence-corrected chi connectivity index (χ1v) is 7.67. The highest BCUT2D eigenvalue weighted by molar-refractivity contribution is 7.80. The van der Waals surface area contributed by atoms with Gasteiger partial charge >= 0.3 is 0 Å². The average Bonchev–Trinajstić information content (AvgIpc) is 2.32. The summed E-state index contributed by atoms with van der Waals surface area (Å²) in [7, 11) is 6.43. The molecule has 4 nitrogen and oxygen atoms in total. The number of hydrogen-bond acceptors (Lipinski definition) is 3. The minimum Gasteiger partial charge on any atom is -0.382 e. The Morgan fingerprint density at radius 3 is 2.47 bits per heavy atom. The predicted molar refractivity (Wildman–Crippen MR) is 84.6 cm³/mol. The van der Waals surface area contributed by atoms with E-state index in [-0.39, 0.29) is 0 Å². The Balaban J connectivity index is 2.24. The molecule has 1 aliphatic carbocycles. The molecule has 5 heteroatoms. The number of nitrogens with zero attached hydrogens (tertiary/aromatic N) is 2. The first-order valence-electron chi connectivity index (χ1n) is 7.26. The molecular formula is C14H29N3OS. The van der Waals surface area contributed by atoms with Gasteiger partial charge in [0.05, 0.1) is 0 Å². The van der Waals surface area contributed by atoms with Crippen molar-refractivity contribution in [2.75, 3.05) is 47.4 Å². The lowest BCUT2D eigenvalue weighted by Crippen LogP contribution is -2.58. The summed E-state index contributed by atoms with van der Waals surface area (Å²) in [5, 5.41) is 4.16. The number of thiocarbonyl (C=S) groups is 1. The van der Waals surface area contributed by atoms with Crippen LogP contribution in [0.15, 0.2) is 0 Å². The van der Waals surface area contributed by atoms with Gasteiger partial charge in [-0.05, 0) is 58.9 Å². The van der Waals surface area contributed by atoms with Gasteiger partial charge in [0.25, 0.3) is 0 Å². The molecule has 0 heterocycles. The highest BCUT2D eigenvalue weighted by Gasteiger charge is 2.40. The summed E-state index contributed by atoms with van der Waals surface area (Å²) < 4.78 is 5.31. The second kappa shape index (κ2) is 8.02. The first kappa shape index (κ1) is 16.7. The molecule has 0 aromatic rings. The highest BCUT2D eigenvalue weighted by atomic mass is 32.1. The minimum absolute atomic E-state index is 0.325. The summed E-state index contributed by atoms with van der Waals surface area (Å²) in [5.74, 6) is 0. The lowest BCUT2D eigenvalue weighted by molar-refractivity contribution is 0.0429. The minimum atomic E-state index is 0.325. The third kappa shape index (κ3) is 4.89. The number of ether oxygens (including phenoxy) is 1. The van der Waals surface area contributed by atoms with Gasteiger partial charge in [-0.2, -0.15) is 0 Å². The van der Waals surface area contributed by atoms with Crippen LogP contribution >= 0.6 is 12.2 Å². The van der Waals surface area contributed by atoms with E-state index in [1.54, 1.807) is 0 Å². The standard InChI is InChI=1S/C14H29N3OS/c1-5-18-11-7-10-15-13(19)17(4)12-14(16(2)3)8-6-9-14/h5-12H2,1-4H3,(H,15,19). The lowest BCUT2D eigenvalue weighted by Gasteiger charge is -2.49. The van der Waals surface area contributed by atoms with Crippen LogP contribution in [0.2, 0.25) is 0 Å². The van der Waals surface area contributed by atoms with Crippen molar-refractivity contribution < 1.29 is 4.74 Å². The zero-order valence-electron chi connectivity index (χ0n) is 12.9.